The summed E-state index contributed by atoms with van der Waals surface area (Å²) in [5.74, 6) is -21.7. The number of hydrogen-bond acceptors (Lipinski definition) is 6. The lowest BCUT2D eigenvalue weighted by molar-refractivity contribution is -0.675. The number of aromatic nitrogens is 2. The van der Waals surface area contributed by atoms with Crippen molar-refractivity contribution in [3.8, 4) is 0 Å². The molecule has 0 unspecified atom stereocenters. The van der Waals surface area contributed by atoms with Gasteiger partial charge in [0.1, 0.15) is 25.0 Å². The number of halogens is 12. The maximum absolute atomic E-state index is 14.7. The second-order valence-corrected chi connectivity index (χ2v) is 11.2. The van der Waals surface area contributed by atoms with Crippen molar-refractivity contribution in [3.05, 3.63) is 73.1 Å². The van der Waals surface area contributed by atoms with Crippen LogP contribution in [0.1, 0.15) is 19.3 Å². The summed E-state index contributed by atoms with van der Waals surface area (Å²) in [6.07, 6.45) is -4.33. The van der Waals surface area contributed by atoms with Crippen molar-refractivity contribution in [3.63, 3.8) is 0 Å². The molecule has 0 amide bonds. The van der Waals surface area contributed by atoms with Crippen LogP contribution in [0.5, 0.6) is 0 Å². The zero-order chi connectivity index (χ0) is 39.1. The third kappa shape index (κ3) is 11.0. The Balaban J connectivity index is 0.000000551. The first kappa shape index (κ1) is 44.1. The molecule has 53 heavy (non-hydrogen) atoms. The Hall–Kier alpha value is -5.08. The number of carbonyl (C=O) groups is 2. The molecule has 292 valence electrons. The molecule has 3 heterocycles. The van der Waals surface area contributed by atoms with E-state index in [0.29, 0.717) is 23.9 Å². The molecule has 4 N–H and O–H groups in total. The summed E-state index contributed by atoms with van der Waals surface area (Å²) < 4.78 is 155. The molecule has 2 aromatic heterocycles. The molecule has 9 nitrogen and oxygen atoms in total. The number of benzene rings is 2. The summed E-state index contributed by atoms with van der Waals surface area (Å²) in [5, 5.41) is 23.3. The fourth-order valence-electron chi connectivity index (χ4n) is 4.91. The van der Waals surface area contributed by atoms with Gasteiger partial charge in [0.15, 0.2) is 12.4 Å². The van der Waals surface area contributed by atoms with E-state index in [2.05, 4.69) is 10.6 Å². The van der Waals surface area contributed by atoms with E-state index in [-0.39, 0.29) is 16.9 Å². The molecule has 4 aromatic rings. The van der Waals surface area contributed by atoms with Crippen molar-refractivity contribution in [2.45, 2.75) is 62.5 Å². The third-order valence-corrected chi connectivity index (χ3v) is 7.53. The summed E-state index contributed by atoms with van der Waals surface area (Å²) >= 11 is 0. The fraction of sp³-hybridized carbons (Fsp3) is 0.375. The molecular formula is C32H30F12N4O5. The molecule has 0 radical (unpaired) electrons. The average Bonchev–Trinajstić information content (AvgIpc) is 3.06. The third-order valence-electron chi connectivity index (χ3n) is 7.53. The smallest absolute Gasteiger partial charge is 0.430 e. The van der Waals surface area contributed by atoms with E-state index in [4.69, 9.17) is 19.8 Å². The van der Waals surface area contributed by atoms with Gasteiger partial charge in [0.2, 0.25) is 11.0 Å². The van der Waals surface area contributed by atoms with Crippen LogP contribution >= 0.6 is 0 Å². The normalized spacial score (nSPS) is 17.1. The Labute approximate surface area is 291 Å². The highest BCUT2D eigenvalue weighted by molar-refractivity contribution is 5.89. The second-order valence-electron chi connectivity index (χ2n) is 11.2. The van der Waals surface area contributed by atoms with Crippen molar-refractivity contribution in [2.24, 2.45) is 0 Å². The Bertz CT molecular complexity index is 1740. The fourth-order valence-corrected chi connectivity index (χ4v) is 4.91. The molecule has 0 saturated heterocycles. The summed E-state index contributed by atoms with van der Waals surface area (Å²) in [4.78, 5) is 17.6. The Kier molecular flexibility index (Phi) is 14.3. The van der Waals surface area contributed by atoms with Crippen LogP contribution in [0.4, 0.5) is 64.1 Å². The van der Waals surface area contributed by atoms with Gasteiger partial charge in [-0.3, -0.25) is 0 Å². The number of carboxylic acids is 2. The van der Waals surface area contributed by atoms with Gasteiger partial charge >= 0.3 is 30.1 Å². The molecule has 0 spiro atoms. The lowest BCUT2D eigenvalue weighted by atomic mass is 10.0. The number of rotatable bonds is 0. The van der Waals surface area contributed by atoms with Gasteiger partial charge in [0.25, 0.3) is 0 Å². The number of carboxylic acid groups (broad SMARTS) is 2. The molecule has 4 bridgehead atoms. The number of hydrogen-bond donors (Lipinski definition) is 2. The minimum Gasteiger partial charge on any atom is -0.542 e. The number of nitrogens with zero attached hydrogens (tertiary/aromatic N) is 2. The first-order chi connectivity index (χ1) is 24.0. The number of carbonyl (C=O) groups excluding carboxylic acids is 2. The number of alkyl halides is 12. The van der Waals surface area contributed by atoms with E-state index in [9.17, 15) is 52.7 Å². The topological polar surface area (TPSA) is 144 Å². The Morgan fingerprint density at radius 3 is 1.23 bits per heavy atom. The van der Waals surface area contributed by atoms with Crippen molar-refractivity contribution < 1.29 is 87.1 Å². The van der Waals surface area contributed by atoms with Crippen LogP contribution in [0.3, 0.4) is 0 Å². The maximum atomic E-state index is 14.7. The Morgan fingerprint density at radius 1 is 0.585 bits per heavy atom. The van der Waals surface area contributed by atoms with E-state index < -0.39 is 55.1 Å². The van der Waals surface area contributed by atoms with Crippen molar-refractivity contribution in [1.29, 1.82) is 0 Å². The van der Waals surface area contributed by atoms with E-state index in [1.54, 1.807) is 48.8 Å². The minimum absolute atomic E-state index is 0. The number of anilines is 2. The highest BCUT2D eigenvalue weighted by Crippen LogP contribution is 2.46. The number of aryl methyl sites for hydroxylation is 2. The standard InChI is InChI=1S/C28H26F6N4.2C2HF3O2.H2O/c29-26(30)18-35-22-12-16-37(24-10-4-2-8-20(22)24)14-6-1-7-15-38-17-13-23(21-9-3-5-11-25(21)38)36-19-27(31,32)28(26,33)34;2*3-2(4,5)1(6)7;/h2-5,8-13,16-17H,1,6-7,14-15,18-19H2;2*(H,6,7);1H2. The van der Waals surface area contributed by atoms with Gasteiger partial charge in [-0.1, -0.05) is 24.3 Å². The molecule has 0 fully saturated rings. The number of para-hydroxylation sites is 2. The molecular weight excluding hydrogens is 748 g/mol. The predicted molar refractivity (Wildman–Crippen MR) is 160 cm³/mol. The monoisotopic (exact) mass is 778 g/mol. The maximum Gasteiger partial charge on any atom is 0.430 e. The molecule has 5 rings (SSSR count). The van der Waals surface area contributed by atoms with Crippen molar-refractivity contribution >= 4 is 45.1 Å². The van der Waals surface area contributed by atoms with Gasteiger partial charge in [-0.2, -0.15) is 61.8 Å². The van der Waals surface area contributed by atoms with Crippen LogP contribution in [0.15, 0.2) is 73.1 Å². The van der Waals surface area contributed by atoms with Gasteiger partial charge in [-0.15, -0.1) is 0 Å². The highest BCUT2D eigenvalue weighted by atomic mass is 19.4. The lowest BCUT2D eigenvalue weighted by Crippen LogP contribution is -2.59. The number of nitrogens with one attached hydrogen (secondary N) is 2. The number of aliphatic carboxylic acids is 2. The molecule has 21 heteroatoms. The molecule has 1 aliphatic rings. The number of pyridine rings is 2. The van der Waals surface area contributed by atoms with Crippen LogP contribution < -0.4 is 30.0 Å². The first-order valence-corrected chi connectivity index (χ1v) is 15.0. The van der Waals surface area contributed by atoms with E-state index >= 15 is 0 Å². The summed E-state index contributed by atoms with van der Waals surface area (Å²) in [5.41, 5.74) is 1.80. The SMILES string of the molecule is FC1(F)CNc2cc[n+](c3ccccc23)CCCCC[n+]2ccc(c3ccccc32)NCC(F)(F)C1(F)F.O.O=C([O-])C(F)(F)F.O=C([O-])C(F)(F)F. The zero-order valence-corrected chi connectivity index (χ0v) is 26.9. The summed E-state index contributed by atoms with van der Waals surface area (Å²) in [6.45, 7) is -1.96. The molecule has 0 aliphatic carbocycles. The molecule has 0 atom stereocenters. The zero-order valence-electron chi connectivity index (χ0n) is 26.9. The van der Waals surface area contributed by atoms with Crippen molar-refractivity contribution in [2.75, 3.05) is 23.7 Å². The van der Waals surface area contributed by atoms with Gasteiger partial charge in [-0.25, -0.2) is 0 Å². The lowest BCUT2D eigenvalue weighted by Gasteiger charge is -2.33. The minimum atomic E-state index is -5.62. The van der Waals surface area contributed by atoms with E-state index in [1.807, 2.05) is 21.3 Å². The largest absolute Gasteiger partial charge is 0.542 e. The second kappa shape index (κ2) is 17.2. The molecule has 1 aliphatic heterocycles. The van der Waals surface area contributed by atoms with Crippen molar-refractivity contribution in [1.82, 2.24) is 0 Å². The van der Waals surface area contributed by atoms with Gasteiger partial charge in [0.05, 0.1) is 35.2 Å². The predicted octanol–water partition coefficient (Wildman–Crippen LogP) is 3.95. The van der Waals surface area contributed by atoms with Crippen LogP contribution in [-0.2, 0) is 22.7 Å². The average molecular weight is 779 g/mol. The summed E-state index contributed by atoms with van der Waals surface area (Å²) in [7, 11) is 0. The quantitative estimate of drug-likeness (QED) is 0.205. The van der Waals surface area contributed by atoms with Crippen LogP contribution in [0, 0.1) is 0 Å². The van der Waals surface area contributed by atoms with Gasteiger partial charge in [-0.05, 0) is 18.6 Å². The highest BCUT2D eigenvalue weighted by Gasteiger charge is 2.71. The first-order valence-electron chi connectivity index (χ1n) is 15.0. The number of fused-ring (bicyclic) bond motifs is 12. The van der Waals surface area contributed by atoms with E-state index in [0.717, 1.165) is 30.3 Å². The van der Waals surface area contributed by atoms with E-state index in [1.165, 1.54) is 12.1 Å². The van der Waals surface area contributed by atoms with Gasteiger partial charge in [0, 0.05) is 37.1 Å². The summed E-state index contributed by atoms with van der Waals surface area (Å²) in [6, 6.07) is 17.0. The molecule has 0 saturated carbocycles. The van der Waals surface area contributed by atoms with Gasteiger partial charge < -0.3 is 35.9 Å². The molecule has 2 aromatic carbocycles. The van der Waals surface area contributed by atoms with Crippen LogP contribution in [0.25, 0.3) is 21.8 Å². The van der Waals surface area contributed by atoms with Crippen LogP contribution in [-0.4, -0.2) is 60.6 Å². The van der Waals surface area contributed by atoms with Crippen LogP contribution in [0.2, 0.25) is 0 Å². The Morgan fingerprint density at radius 2 is 0.906 bits per heavy atom.